The number of hydrogen-bond donors (Lipinski definition) is 2. The monoisotopic (exact) mass is 712 g/mol. The van der Waals surface area contributed by atoms with Gasteiger partial charge in [-0.25, -0.2) is 0 Å². The van der Waals surface area contributed by atoms with E-state index >= 15 is 0 Å². The summed E-state index contributed by atoms with van der Waals surface area (Å²) in [6, 6.07) is 7.02. The zero-order valence-corrected chi connectivity index (χ0v) is 28.1. The molecule has 0 amide bonds. The van der Waals surface area contributed by atoms with E-state index in [4.69, 9.17) is 46.4 Å². The SMILES string of the molecule is CCN1C(=CC=CC2N(CC)c3cc(Cl)c(Cl)cc3N2CCCS(=O)(=O)O)N(CCCS(=O)(=O)O)c2cc(Cl)c(Cl)cc21. The Hall–Kier alpha value is -1.90. The lowest BCUT2D eigenvalue weighted by molar-refractivity contribution is 0.478. The van der Waals surface area contributed by atoms with Gasteiger partial charge in [0.1, 0.15) is 12.0 Å². The molecule has 16 heteroatoms. The van der Waals surface area contributed by atoms with Crippen molar-refractivity contribution in [3.63, 3.8) is 0 Å². The molecule has 0 saturated heterocycles. The van der Waals surface area contributed by atoms with Crippen molar-refractivity contribution >= 4 is 89.4 Å². The van der Waals surface area contributed by atoms with Gasteiger partial charge in [-0.3, -0.25) is 9.11 Å². The minimum Gasteiger partial charge on any atom is -0.346 e. The highest BCUT2D eigenvalue weighted by Gasteiger charge is 2.35. The van der Waals surface area contributed by atoms with E-state index in [0.717, 1.165) is 28.6 Å². The molecule has 0 saturated carbocycles. The third-order valence-electron chi connectivity index (χ3n) is 7.20. The highest BCUT2D eigenvalue weighted by molar-refractivity contribution is 7.86. The van der Waals surface area contributed by atoms with E-state index in [2.05, 4.69) is 4.90 Å². The van der Waals surface area contributed by atoms with Crippen molar-refractivity contribution in [2.24, 2.45) is 0 Å². The highest BCUT2D eigenvalue weighted by atomic mass is 35.5. The molecule has 0 fully saturated rings. The van der Waals surface area contributed by atoms with Crippen LogP contribution in [0.2, 0.25) is 20.1 Å². The fourth-order valence-corrected chi connectivity index (χ4v) is 7.04. The number of allylic oxidation sites excluding steroid dienone is 2. The third kappa shape index (κ3) is 7.85. The molecule has 0 radical (unpaired) electrons. The van der Waals surface area contributed by atoms with Crippen LogP contribution in [0.5, 0.6) is 0 Å². The van der Waals surface area contributed by atoms with Gasteiger partial charge >= 0.3 is 0 Å². The quantitative estimate of drug-likeness (QED) is 0.234. The van der Waals surface area contributed by atoms with Crippen molar-refractivity contribution in [3.8, 4) is 0 Å². The topological polar surface area (TPSA) is 122 Å². The summed E-state index contributed by atoms with van der Waals surface area (Å²) in [4.78, 5) is 8.07. The van der Waals surface area contributed by atoms with Crippen LogP contribution in [0.15, 0.2) is 48.3 Å². The molecule has 2 aliphatic rings. The number of halogens is 4. The zero-order chi connectivity index (χ0) is 31.7. The van der Waals surface area contributed by atoms with E-state index in [0.29, 0.717) is 39.7 Å². The first-order valence-corrected chi connectivity index (χ1v) is 18.2. The molecule has 43 heavy (non-hydrogen) atoms. The molecule has 0 bridgehead atoms. The third-order valence-corrected chi connectivity index (χ3v) is 10.3. The summed E-state index contributed by atoms with van der Waals surface area (Å²) < 4.78 is 64.2. The highest BCUT2D eigenvalue weighted by Crippen LogP contribution is 2.46. The summed E-state index contributed by atoms with van der Waals surface area (Å²) in [5.41, 5.74) is 3.19. The molecule has 0 aromatic heterocycles. The molecule has 0 aliphatic carbocycles. The van der Waals surface area contributed by atoms with E-state index < -0.39 is 26.0 Å². The zero-order valence-electron chi connectivity index (χ0n) is 23.4. The van der Waals surface area contributed by atoms with Crippen LogP contribution in [0.25, 0.3) is 0 Å². The maximum atomic E-state index is 11.4. The first kappa shape index (κ1) is 34.0. The van der Waals surface area contributed by atoms with Crippen LogP contribution >= 0.6 is 46.4 Å². The average molecular weight is 715 g/mol. The Labute approximate surface area is 272 Å². The van der Waals surface area contributed by atoms with Gasteiger partial charge in [0.15, 0.2) is 0 Å². The van der Waals surface area contributed by atoms with Gasteiger partial charge in [0.25, 0.3) is 20.2 Å². The van der Waals surface area contributed by atoms with E-state index in [1.54, 1.807) is 24.3 Å². The molecule has 2 aromatic carbocycles. The van der Waals surface area contributed by atoms with Crippen molar-refractivity contribution in [2.75, 3.05) is 57.3 Å². The van der Waals surface area contributed by atoms with E-state index in [-0.39, 0.29) is 31.3 Å². The summed E-state index contributed by atoms with van der Waals surface area (Å²) in [7, 11) is -8.28. The van der Waals surface area contributed by atoms with Crippen molar-refractivity contribution in [1.82, 2.24) is 0 Å². The Balaban J connectivity index is 1.71. The second-order valence-electron chi connectivity index (χ2n) is 9.99. The smallest absolute Gasteiger partial charge is 0.264 e. The minimum absolute atomic E-state index is 0.168. The van der Waals surface area contributed by atoms with Gasteiger partial charge in [-0.1, -0.05) is 52.5 Å². The molecule has 1 atom stereocenters. The summed E-state index contributed by atoms with van der Waals surface area (Å²) >= 11 is 25.4. The van der Waals surface area contributed by atoms with Crippen LogP contribution in [0.1, 0.15) is 26.7 Å². The lowest BCUT2D eigenvalue weighted by atomic mass is 10.2. The number of benzene rings is 2. The second kappa shape index (κ2) is 13.6. The Morgan fingerprint density at radius 1 is 0.698 bits per heavy atom. The molecule has 10 nitrogen and oxygen atoms in total. The molecular formula is C27H32Cl4N4O6S2. The fourth-order valence-electron chi connectivity index (χ4n) is 5.42. The largest absolute Gasteiger partial charge is 0.346 e. The van der Waals surface area contributed by atoms with Gasteiger partial charge in [-0.15, -0.1) is 0 Å². The molecule has 1 unspecified atom stereocenters. The Morgan fingerprint density at radius 3 is 1.65 bits per heavy atom. The fraction of sp³-hybridized carbons (Fsp3) is 0.407. The van der Waals surface area contributed by atoms with Crippen LogP contribution in [0.4, 0.5) is 22.7 Å². The summed E-state index contributed by atoms with van der Waals surface area (Å²) in [6.45, 7) is 5.75. The van der Waals surface area contributed by atoms with Crippen molar-refractivity contribution in [3.05, 3.63) is 68.4 Å². The molecule has 236 valence electrons. The molecular weight excluding hydrogens is 682 g/mol. The van der Waals surface area contributed by atoms with Crippen LogP contribution in [0, 0.1) is 0 Å². The van der Waals surface area contributed by atoms with Crippen molar-refractivity contribution in [1.29, 1.82) is 0 Å². The maximum absolute atomic E-state index is 11.4. The van der Waals surface area contributed by atoms with Crippen LogP contribution in [-0.4, -0.2) is 69.8 Å². The Morgan fingerprint density at radius 2 is 1.16 bits per heavy atom. The average Bonchev–Trinajstić information content (AvgIpc) is 3.34. The molecule has 2 aliphatic heterocycles. The lowest BCUT2D eigenvalue weighted by Crippen LogP contribution is -2.42. The normalized spacial score (nSPS) is 18.0. The molecule has 4 rings (SSSR count). The van der Waals surface area contributed by atoms with Gasteiger partial charge < -0.3 is 19.6 Å². The lowest BCUT2D eigenvalue weighted by Gasteiger charge is -2.30. The molecule has 0 spiro atoms. The van der Waals surface area contributed by atoms with Crippen LogP contribution in [0.3, 0.4) is 0 Å². The number of likely N-dealkylation sites (N-methyl/N-ethyl adjacent to an activating group) is 1. The summed E-state index contributed by atoms with van der Waals surface area (Å²) in [5.74, 6) is -0.0321. The Bertz CT molecular complexity index is 1650. The molecule has 2 aromatic rings. The predicted molar refractivity (Wildman–Crippen MR) is 177 cm³/mol. The van der Waals surface area contributed by atoms with Crippen molar-refractivity contribution < 1.29 is 25.9 Å². The van der Waals surface area contributed by atoms with Gasteiger partial charge in [-0.05, 0) is 63.1 Å². The van der Waals surface area contributed by atoms with E-state index in [1.165, 1.54) is 0 Å². The van der Waals surface area contributed by atoms with Gasteiger partial charge in [-0.2, -0.15) is 16.8 Å². The van der Waals surface area contributed by atoms with Crippen molar-refractivity contribution in [2.45, 2.75) is 32.9 Å². The van der Waals surface area contributed by atoms with Gasteiger partial charge in [0, 0.05) is 26.2 Å². The van der Waals surface area contributed by atoms with Gasteiger partial charge in [0.2, 0.25) is 0 Å². The molecule has 2 heterocycles. The van der Waals surface area contributed by atoms with Crippen LogP contribution < -0.4 is 19.6 Å². The number of fused-ring (bicyclic) bond motifs is 2. The van der Waals surface area contributed by atoms with Gasteiger partial charge in [0.05, 0.1) is 54.3 Å². The first-order chi connectivity index (χ1) is 20.1. The number of anilines is 4. The van der Waals surface area contributed by atoms with Crippen LogP contribution in [-0.2, 0) is 20.2 Å². The maximum Gasteiger partial charge on any atom is 0.264 e. The number of hydrogen-bond acceptors (Lipinski definition) is 8. The number of nitrogens with zero attached hydrogens (tertiary/aromatic N) is 4. The standard InChI is InChI=1S/C27H32Cl4N4O6S2/c1-3-32-22-14-18(28)20(30)16-24(22)34(10-6-12-42(36,37)38)26(32)8-5-9-27-33(4-2)23-15-19(29)21(31)17-25(23)35(27)11-7-13-43(39,40)41/h5,8-9,14-17,26H,3-4,6-7,10-13H2,1-2H3,(H,36,37,38)(H,39,40,41). The van der Waals surface area contributed by atoms with E-state index in [1.807, 2.05) is 46.8 Å². The summed E-state index contributed by atoms with van der Waals surface area (Å²) in [6.07, 6.45) is 5.75. The minimum atomic E-state index is -4.14. The first-order valence-electron chi connectivity index (χ1n) is 13.5. The second-order valence-corrected chi connectivity index (χ2v) is 14.8. The van der Waals surface area contributed by atoms with E-state index in [9.17, 15) is 25.9 Å². The molecule has 2 N–H and O–H groups in total. The number of rotatable bonds is 12. The Kier molecular flexibility index (Phi) is 10.8. The predicted octanol–water partition coefficient (Wildman–Crippen LogP) is 6.57. The summed E-state index contributed by atoms with van der Waals surface area (Å²) in [5, 5.41) is 1.49.